The summed E-state index contributed by atoms with van der Waals surface area (Å²) in [5.74, 6) is 0.0134. The molecule has 9 heteroatoms. The minimum Gasteiger partial charge on any atom is -0.391 e. The number of aliphatic hydroxyl groups excluding tert-OH is 1. The second-order valence-corrected chi connectivity index (χ2v) is 9.25. The number of aliphatic hydroxyl groups is 1. The number of halogens is 1. The van der Waals surface area contributed by atoms with Crippen LogP contribution in [0.4, 0.5) is 0 Å². The van der Waals surface area contributed by atoms with Gasteiger partial charge in [-0.05, 0) is 22.0 Å². The van der Waals surface area contributed by atoms with E-state index >= 15 is 0 Å². The third-order valence-corrected chi connectivity index (χ3v) is 7.27. The lowest BCUT2D eigenvalue weighted by Crippen LogP contribution is -2.27. The predicted molar refractivity (Wildman–Crippen MR) is 83.7 cm³/mol. The molecule has 2 aromatic rings. The van der Waals surface area contributed by atoms with Gasteiger partial charge in [0.15, 0.2) is 0 Å². The summed E-state index contributed by atoms with van der Waals surface area (Å²) in [5, 5.41) is 11.8. The maximum Gasteiger partial charge on any atom is 0.242 e. The fourth-order valence-electron chi connectivity index (χ4n) is 1.54. The third-order valence-electron chi connectivity index (χ3n) is 2.60. The first kappa shape index (κ1) is 16.1. The first-order chi connectivity index (χ1) is 9.44. The fourth-order valence-corrected chi connectivity index (χ4v) is 5.91. The minimum atomic E-state index is -3.59. The van der Waals surface area contributed by atoms with E-state index in [9.17, 15) is 8.42 Å². The van der Waals surface area contributed by atoms with E-state index in [0.717, 1.165) is 5.01 Å². The van der Waals surface area contributed by atoms with Crippen molar-refractivity contribution in [3.8, 4) is 0 Å². The summed E-state index contributed by atoms with van der Waals surface area (Å²) in [6.07, 6.45) is 1.70. The number of hydrogen-bond acceptors (Lipinski definition) is 6. The van der Waals surface area contributed by atoms with Crippen molar-refractivity contribution >= 4 is 48.6 Å². The first-order valence-electron chi connectivity index (χ1n) is 5.72. The molecule has 0 aromatic carbocycles. The van der Waals surface area contributed by atoms with E-state index in [2.05, 4.69) is 25.6 Å². The number of thiazole rings is 1. The van der Waals surface area contributed by atoms with E-state index in [1.807, 2.05) is 12.3 Å². The van der Waals surface area contributed by atoms with Gasteiger partial charge in [0.05, 0.1) is 15.4 Å². The Hall–Kier alpha value is -0.320. The first-order valence-corrected chi connectivity index (χ1v) is 9.69. The smallest absolute Gasteiger partial charge is 0.242 e. The molecule has 0 spiro atoms. The second-order valence-electron chi connectivity index (χ2n) is 4.13. The summed E-state index contributed by atoms with van der Waals surface area (Å²) < 4.78 is 27.5. The number of rotatable bonds is 6. The van der Waals surface area contributed by atoms with Crippen molar-refractivity contribution in [1.29, 1.82) is 0 Å². The number of aromatic nitrogens is 1. The van der Waals surface area contributed by atoms with Crippen LogP contribution < -0.4 is 4.72 Å². The molecule has 0 saturated heterocycles. The molecule has 0 radical (unpaired) electrons. The Morgan fingerprint density at radius 2 is 2.30 bits per heavy atom. The lowest BCUT2D eigenvalue weighted by Gasteiger charge is -2.10. The highest BCUT2D eigenvalue weighted by molar-refractivity contribution is 9.11. The molecule has 0 fully saturated rings. The van der Waals surface area contributed by atoms with E-state index in [1.54, 1.807) is 6.20 Å². The zero-order chi connectivity index (χ0) is 14.8. The third kappa shape index (κ3) is 3.66. The lowest BCUT2D eigenvalue weighted by molar-refractivity contribution is 0.285. The summed E-state index contributed by atoms with van der Waals surface area (Å²) in [6, 6.07) is 1.48. The molecule has 0 aliphatic carbocycles. The van der Waals surface area contributed by atoms with Crippen molar-refractivity contribution in [2.75, 3.05) is 6.54 Å². The number of thiophene rings is 1. The molecule has 2 N–H and O–H groups in total. The van der Waals surface area contributed by atoms with Gasteiger partial charge in [0.25, 0.3) is 0 Å². The summed E-state index contributed by atoms with van der Waals surface area (Å²) in [7, 11) is -3.59. The normalized spacial score (nSPS) is 13.6. The molecular weight excluding hydrogens is 384 g/mol. The van der Waals surface area contributed by atoms with Crippen LogP contribution in [0, 0.1) is 0 Å². The summed E-state index contributed by atoms with van der Waals surface area (Å²) in [5.41, 5.74) is 0. The number of nitrogens with one attached hydrogen (secondary N) is 1. The van der Waals surface area contributed by atoms with Gasteiger partial charge in [0, 0.05) is 28.9 Å². The molecule has 5 nitrogen and oxygen atoms in total. The van der Waals surface area contributed by atoms with Crippen LogP contribution in [-0.4, -0.2) is 25.1 Å². The molecule has 110 valence electrons. The Morgan fingerprint density at radius 3 is 2.85 bits per heavy atom. The standard InChI is InChI=1S/C11H13BrN2O3S3/c1-7(11-13-2-3-18-11)5-14-20(16,17)9-4-8(6-15)19-10(9)12/h2-4,7,14-15H,5-6H2,1H3. The zero-order valence-corrected chi connectivity index (χ0v) is 14.6. The average molecular weight is 397 g/mol. The highest BCUT2D eigenvalue weighted by Crippen LogP contribution is 2.31. The fraction of sp³-hybridized carbons (Fsp3) is 0.364. The molecule has 2 heterocycles. The topological polar surface area (TPSA) is 79.3 Å². The van der Waals surface area contributed by atoms with E-state index in [-0.39, 0.29) is 24.0 Å². The maximum atomic E-state index is 12.2. The molecule has 0 amide bonds. The van der Waals surface area contributed by atoms with Gasteiger partial charge in [-0.1, -0.05) is 6.92 Å². The van der Waals surface area contributed by atoms with Crippen molar-refractivity contribution in [2.45, 2.75) is 24.3 Å². The van der Waals surface area contributed by atoms with Gasteiger partial charge in [0.1, 0.15) is 4.90 Å². The van der Waals surface area contributed by atoms with E-state index in [0.29, 0.717) is 8.66 Å². The van der Waals surface area contributed by atoms with Crippen LogP contribution in [0.2, 0.25) is 0 Å². The van der Waals surface area contributed by atoms with E-state index < -0.39 is 10.0 Å². The number of nitrogens with zero attached hydrogens (tertiary/aromatic N) is 1. The second kappa shape index (κ2) is 6.63. The molecule has 0 saturated carbocycles. The van der Waals surface area contributed by atoms with Gasteiger partial charge in [-0.2, -0.15) is 0 Å². The van der Waals surface area contributed by atoms with Crippen molar-refractivity contribution in [2.24, 2.45) is 0 Å². The monoisotopic (exact) mass is 396 g/mol. The van der Waals surface area contributed by atoms with E-state index in [4.69, 9.17) is 5.11 Å². The molecule has 1 atom stereocenters. The Morgan fingerprint density at radius 1 is 1.55 bits per heavy atom. The predicted octanol–water partition coefficient (Wildman–Crippen LogP) is 2.54. The SMILES string of the molecule is CC(CNS(=O)(=O)c1cc(CO)sc1Br)c1nccs1. The summed E-state index contributed by atoms with van der Waals surface area (Å²) in [6.45, 7) is 2.03. The molecule has 2 rings (SSSR count). The highest BCUT2D eigenvalue weighted by atomic mass is 79.9. The number of sulfonamides is 1. The summed E-state index contributed by atoms with van der Waals surface area (Å²) >= 11 is 5.93. The van der Waals surface area contributed by atoms with Gasteiger partial charge in [-0.15, -0.1) is 22.7 Å². The van der Waals surface area contributed by atoms with Gasteiger partial charge in [0.2, 0.25) is 10.0 Å². The Labute approximate surface area is 133 Å². The van der Waals surface area contributed by atoms with Gasteiger partial charge >= 0.3 is 0 Å². The molecule has 0 bridgehead atoms. The van der Waals surface area contributed by atoms with Crippen molar-refractivity contribution in [3.63, 3.8) is 0 Å². The molecular formula is C11H13BrN2O3S3. The molecule has 0 aliphatic rings. The lowest BCUT2D eigenvalue weighted by atomic mass is 10.2. The summed E-state index contributed by atoms with van der Waals surface area (Å²) in [4.78, 5) is 4.93. The van der Waals surface area contributed by atoms with Crippen LogP contribution in [0.5, 0.6) is 0 Å². The van der Waals surface area contributed by atoms with Crippen LogP contribution in [0.3, 0.4) is 0 Å². The van der Waals surface area contributed by atoms with Gasteiger partial charge in [-0.25, -0.2) is 18.1 Å². The maximum absolute atomic E-state index is 12.2. The van der Waals surface area contributed by atoms with Crippen LogP contribution in [-0.2, 0) is 16.6 Å². The zero-order valence-electron chi connectivity index (χ0n) is 10.5. The highest BCUT2D eigenvalue weighted by Gasteiger charge is 2.22. The Kier molecular flexibility index (Phi) is 5.32. The van der Waals surface area contributed by atoms with Gasteiger partial charge < -0.3 is 5.11 Å². The van der Waals surface area contributed by atoms with E-state index in [1.165, 1.54) is 28.7 Å². The van der Waals surface area contributed by atoms with Crippen molar-refractivity contribution in [3.05, 3.63) is 31.3 Å². The quantitative estimate of drug-likeness (QED) is 0.785. The molecule has 2 aromatic heterocycles. The molecule has 20 heavy (non-hydrogen) atoms. The Bertz CT molecular complexity index is 667. The van der Waals surface area contributed by atoms with Crippen LogP contribution in [0.25, 0.3) is 0 Å². The van der Waals surface area contributed by atoms with Crippen molar-refractivity contribution in [1.82, 2.24) is 9.71 Å². The number of hydrogen-bond donors (Lipinski definition) is 2. The van der Waals surface area contributed by atoms with Crippen LogP contribution in [0.1, 0.15) is 22.7 Å². The van der Waals surface area contributed by atoms with Crippen LogP contribution >= 0.6 is 38.6 Å². The molecule has 1 unspecified atom stereocenters. The minimum absolute atomic E-state index is 0.0134. The van der Waals surface area contributed by atoms with Gasteiger partial charge in [-0.3, -0.25) is 0 Å². The Balaban J connectivity index is 2.09. The largest absolute Gasteiger partial charge is 0.391 e. The van der Waals surface area contributed by atoms with Crippen molar-refractivity contribution < 1.29 is 13.5 Å². The van der Waals surface area contributed by atoms with Crippen LogP contribution in [0.15, 0.2) is 26.3 Å². The average Bonchev–Trinajstić information content (AvgIpc) is 3.05. The molecule has 0 aliphatic heterocycles.